The molecule has 5 heteroatoms. The molecule has 27 heavy (non-hydrogen) atoms. The fourth-order valence-electron chi connectivity index (χ4n) is 5.48. The average Bonchev–Trinajstić information content (AvgIpc) is 2.86. The molecule has 3 aliphatic heterocycles. The lowest BCUT2D eigenvalue weighted by Gasteiger charge is -2.47. The summed E-state index contributed by atoms with van der Waals surface area (Å²) in [4.78, 5) is 5.17. The van der Waals surface area contributed by atoms with Crippen LogP contribution in [0.15, 0.2) is 24.3 Å². The third-order valence-electron chi connectivity index (χ3n) is 6.67. The molecule has 0 radical (unpaired) electrons. The summed E-state index contributed by atoms with van der Waals surface area (Å²) in [5.41, 5.74) is 0.265. The number of hydrogen-bond donors (Lipinski definition) is 1. The van der Waals surface area contributed by atoms with E-state index in [-0.39, 0.29) is 11.2 Å². The van der Waals surface area contributed by atoms with Gasteiger partial charge in [-0.1, -0.05) is 26.0 Å². The van der Waals surface area contributed by atoms with Crippen molar-refractivity contribution in [3.05, 3.63) is 35.6 Å². The number of aliphatic hydroxyl groups is 1. The molecule has 0 spiro atoms. The van der Waals surface area contributed by atoms with Crippen LogP contribution in [0.4, 0.5) is 4.39 Å². The molecule has 3 atom stereocenters. The van der Waals surface area contributed by atoms with Gasteiger partial charge in [0.15, 0.2) is 0 Å². The van der Waals surface area contributed by atoms with Gasteiger partial charge in [-0.15, -0.1) is 0 Å². The SMILES string of the molecule is CC(C)(CN1CCOCC1)CN1[C@@H]2CC[C@H]1CC(O)(c1ccc(F)cc1)C2. The molecule has 0 aliphatic carbocycles. The van der Waals surface area contributed by atoms with Gasteiger partial charge in [-0.25, -0.2) is 4.39 Å². The quantitative estimate of drug-likeness (QED) is 0.857. The van der Waals surface area contributed by atoms with E-state index in [1.54, 1.807) is 12.1 Å². The first kappa shape index (κ1) is 19.3. The zero-order valence-corrected chi connectivity index (χ0v) is 16.7. The zero-order chi connectivity index (χ0) is 19.1. The average molecular weight is 377 g/mol. The molecule has 0 saturated carbocycles. The number of rotatable bonds is 5. The number of nitrogens with zero attached hydrogens (tertiary/aromatic N) is 2. The molecule has 0 aromatic heterocycles. The molecule has 3 fully saturated rings. The molecule has 2 bridgehead atoms. The van der Waals surface area contributed by atoms with Gasteiger partial charge in [-0.2, -0.15) is 0 Å². The lowest BCUT2D eigenvalue weighted by Crippen LogP contribution is -2.54. The summed E-state index contributed by atoms with van der Waals surface area (Å²) in [6.07, 6.45) is 3.81. The van der Waals surface area contributed by atoms with E-state index in [1.165, 1.54) is 12.1 Å². The van der Waals surface area contributed by atoms with E-state index in [4.69, 9.17) is 4.74 Å². The monoisotopic (exact) mass is 376 g/mol. The van der Waals surface area contributed by atoms with Crippen molar-refractivity contribution in [2.45, 2.75) is 57.2 Å². The summed E-state index contributed by atoms with van der Waals surface area (Å²) in [5, 5.41) is 11.3. The zero-order valence-electron chi connectivity index (χ0n) is 16.7. The molecule has 1 aromatic carbocycles. The molecule has 1 aromatic rings. The fraction of sp³-hybridized carbons (Fsp3) is 0.727. The van der Waals surface area contributed by atoms with Crippen LogP contribution in [-0.2, 0) is 10.3 Å². The van der Waals surface area contributed by atoms with Crippen molar-refractivity contribution in [2.75, 3.05) is 39.4 Å². The number of hydrogen-bond acceptors (Lipinski definition) is 4. The van der Waals surface area contributed by atoms with Crippen molar-refractivity contribution in [3.63, 3.8) is 0 Å². The molecule has 3 heterocycles. The lowest BCUT2D eigenvalue weighted by atomic mass is 9.79. The summed E-state index contributed by atoms with van der Waals surface area (Å²) < 4.78 is 18.8. The molecule has 150 valence electrons. The highest BCUT2D eigenvalue weighted by Crippen LogP contribution is 2.46. The van der Waals surface area contributed by atoms with Crippen LogP contribution < -0.4 is 0 Å². The largest absolute Gasteiger partial charge is 0.385 e. The smallest absolute Gasteiger partial charge is 0.123 e. The molecule has 3 saturated heterocycles. The second-order valence-electron chi connectivity index (χ2n) is 9.56. The number of morpholine rings is 1. The van der Waals surface area contributed by atoms with E-state index >= 15 is 0 Å². The van der Waals surface area contributed by atoms with Crippen LogP contribution >= 0.6 is 0 Å². The normalized spacial score (nSPS) is 32.7. The molecule has 0 amide bonds. The third-order valence-corrected chi connectivity index (χ3v) is 6.67. The van der Waals surface area contributed by atoms with Crippen molar-refractivity contribution >= 4 is 0 Å². The Hall–Kier alpha value is -1.01. The van der Waals surface area contributed by atoms with Crippen molar-refractivity contribution in [3.8, 4) is 0 Å². The number of piperidine rings is 1. The highest BCUT2D eigenvalue weighted by Gasteiger charge is 2.49. The second kappa shape index (κ2) is 7.43. The standard InChI is InChI=1S/C22H33FN2O2/c1-21(2,15-24-9-11-27-12-10-24)16-25-19-7-8-20(25)14-22(26,13-19)17-3-5-18(23)6-4-17/h3-6,19-20,26H,7-16H2,1-2H3/t19-,20+,22?. The summed E-state index contributed by atoms with van der Waals surface area (Å²) in [6, 6.07) is 7.28. The Bertz CT molecular complexity index is 628. The minimum Gasteiger partial charge on any atom is -0.385 e. The molecular formula is C22H33FN2O2. The van der Waals surface area contributed by atoms with E-state index in [1.807, 2.05) is 0 Å². The first-order valence-electron chi connectivity index (χ1n) is 10.4. The van der Waals surface area contributed by atoms with Gasteiger partial charge in [0.25, 0.3) is 0 Å². The van der Waals surface area contributed by atoms with Crippen LogP contribution in [0.25, 0.3) is 0 Å². The predicted octanol–water partition coefficient (Wildman–Crippen LogP) is 3.00. The number of benzene rings is 1. The van der Waals surface area contributed by atoms with Crippen molar-refractivity contribution in [2.24, 2.45) is 5.41 Å². The Morgan fingerprint density at radius 1 is 1.07 bits per heavy atom. The van der Waals surface area contributed by atoms with Gasteiger partial charge in [0, 0.05) is 38.3 Å². The molecule has 4 nitrogen and oxygen atoms in total. The summed E-state index contributed by atoms with van der Waals surface area (Å²) in [6.45, 7) is 10.6. The maximum Gasteiger partial charge on any atom is 0.123 e. The van der Waals surface area contributed by atoms with Crippen LogP contribution in [0.1, 0.15) is 45.1 Å². The number of fused-ring (bicyclic) bond motifs is 2. The maximum absolute atomic E-state index is 13.3. The molecule has 3 aliphatic rings. The van der Waals surface area contributed by atoms with Crippen molar-refractivity contribution < 1.29 is 14.2 Å². The molecule has 4 rings (SSSR count). The van der Waals surface area contributed by atoms with Crippen LogP contribution in [0.5, 0.6) is 0 Å². The molecule has 1 N–H and O–H groups in total. The molecular weight excluding hydrogens is 343 g/mol. The van der Waals surface area contributed by atoms with Gasteiger partial charge < -0.3 is 9.84 Å². The minimum absolute atomic E-state index is 0.212. The van der Waals surface area contributed by atoms with E-state index in [0.29, 0.717) is 12.1 Å². The highest BCUT2D eigenvalue weighted by molar-refractivity contribution is 5.25. The van der Waals surface area contributed by atoms with Gasteiger partial charge in [0.2, 0.25) is 0 Å². The Labute approximate surface area is 162 Å². The van der Waals surface area contributed by atoms with Crippen molar-refractivity contribution in [1.29, 1.82) is 0 Å². The van der Waals surface area contributed by atoms with Gasteiger partial charge in [-0.05, 0) is 48.8 Å². The lowest BCUT2D eigenvalue weighted by molar-refractivity contribution is -0.0689. The van der Waals surface area contributed by atoms with Gasteiger partial charge in [-0.3, -0.25) is 9.80 Å². The Kier molecular flexibility index (Phi) is 5.32. The summed E-state index contributed by atoms with van der Waals surface area (Å²) in [5.74, 6) is -0.243. The number of ether oxygens (including phenoxy) is 1. The highest BCUT2D eigenvalue weighted by atomic mass is 19.1. The van der Waals surface area contributed by atoms with Crippen LogP contribution in [0, 0.1) is 11.2 Å². The van der Waals surface area contributed by atoms with E-state index < -0.39 is 5.60 Å². The Morgan fingerprint density at radius 3 is 2.26 bits per heavy atom. The molecule has 1 unspecified atom stereocenters. The maximum atomic E-state index is 13.3. The van der Waals surface area contributed by atoms with Crippen LogP contribution in [0.2, 0.25) is 0 Å². The van der Waals surface area contributed by atoms with Crippen LogP contribution in [0.3, 0.4) is 0 Å². The predicted molar refractivity (Wildman–Crippen MR) is 104 cm³/mol. The van der Waals surface area contributed by atoms with Gasteiger partial charge in [0.1, 0.15) is 5.82 Å². The first-order chi connectivity index (χ1) is 12.8. The van der Waals surface area contributed by atoms with Crippen LogP contribution in [-0.4, -0.2) is 66.4 Å². The summed E-state index contributed by atoms with van der Waals surface area (Å²) >= 11 is 0. The minimum atomic E-state index is -0.815. The topological polar surface area (TPSA) is 35.9 Å². The second-order valence-corrected chi connectivity index (χ2v) is 9.56. The van der Waals surface area contributed by atoms with E-state index in [0.717, 1.165) is 70.6 Å². The van der Waals surface area contributed by atoms with E-state index in [9.17, 15) is 9.50 Å². The van der Waals surface area contributed by atoms with Crippen molar-refractivity contribution in [1.82, 2.24) is 9.80 Å². The third kappa shape index (κ3) is 4.21. The first-order valence-corrected chi connectivity index (χ1v) is 10.4. The number of halogens is 1. The van der Waals surface area contributed by atoms with Gasteiger partial charge in [0.05, 0.1) is 18.8 Å². The Balaban J connectivity index is 1.42. The fourth-order valence-corrected chi connectivity index (χ4v) is 5.48. The van der Waals surface area contributed by atoms with E-state index in [2.05, 4.69) is 23.6 Å². The van der Waals surface area contributed by atoms with Gasteiger partial charge >= 0.3 is 0 Å². The summed E-state index contributed by atoms with van der Waals surface area (Å²) in [7, 11) is 0. The Morgan fingerprint density at radius 2 is 1.67 bits per heavy atom.